The molecule has 17 heavy (non-hydrogen) atoms. The number of esters is 1. The number of ether oxygens (including phenoxy) is 1. The lowest BCUT2D eigenvalue weighted by atomic mass is 10.0. The summed E-state index contributed by atoms with van der Waals surface area (Å²) in [5, 5.41) is 0. The number of carbonyl (C=O) groups excluding carboxylic acids is 1. The quantitative estimate of drug-likeness (QED) is 0.324. The minimum atomic E-state index is -1.33. The van der Waals surface area contributed by atoms with Gasteiger partial charge in [0.15, 0.2) is 0 Å². The normalized spacial score (nSPS) is 13.0. The monoisotopic (exact) mass is 252 g/mol. The van der Waals surface area contributed by atoms with Gasteiger partial charge in [-0.1, -0.05) is 39.1 Å². The van der Waals surface area contributed by atoms with Crippen LogP contribution < -0.4 is 0 Å². The summed E-state index contributed by atoms with van der Waals surface area (Å²) in [5.41, 5.74) is 3.35. The first kappa shape index (κ1) is 16.0. The number of hydrogen-bond donors (Lipinski definition) is 0. The summed E-state index contributed by atoms with van der Waals surface area (Å²) < 4.78 is 4.85. The van der Waals surface area contributed by atoms with Gasteiger partial charge in [0.2, 0.25) is 0 Å². The van der Waals surface area contributed by atoms with Gasteiger partial charge in [-0.15, -0.1) is 11.5 Å². The van der Waals surface area contributed by atoms with Crippen molar-refractivity contribution < 1.29 is 9.53 Å². The fourth-order valence-electron chi connectivity index (χ4n) is 1.22. The molecule has 0 aromatic carbocycles. The van der Waals surface area contributed by atoms with Gasteiger partial charge >= 0.3 is 5.97 Å². The first-order valence-corrected chi connectivity index (χ1v) is 9.76. The van der Waals surface area contributed by atoms with Crippen molar-refractivity contribution in [3.8, 4) is 11.5 Å². The fourth-order valence-corrected chi connectivity index (χ4v) is 1.84. The summed E-state index contributed by atoms with van der Waals surface area (Å²) in [5.74, 6) is 3.18. The Labute approximate surface area is 106 Å². The molecule has 1 unspecified atom stereocenters. The number of allylic oxidation sites excluding steroid dienone is 1. The third-order valence-electron chi connectivity index (χ3n) is 1.98. The number of carbonyl (C=O) groups is 1. The maximum absolute atomic E-state index is 11.2. The summed E-state index contributed by atoms with van der Waals surface area (Å²) in [6.07, 6.45) is 5.43. The van der Waals surface area contributed by atoms with Crippen LogP contribution in [-0.2, 0) is 9.53 Å². The zero-order valence-electron chi connectivity index (χ0n) is 11.7. The highest BCUT2D eigenvalue weighted by molar-refractivity contribution is 6.83. The van der Waals surface area contributed by atoms with Gasteiger partial charge in [0.1, 0.15) is 8.07 Å². The minimum absolute atomic E-state index is 0.177. The average molecular weight is 252 g/mol. The van der Waals surface area contributed by atoms with Crippen LogP contribution in [0.15, 0.2) is 12.2 Å². The van der Waals surface area contributed by atoms with Crippen LogP contribution in [0.2, 0.25) is 19.6 Å². The van der Waals surface area contributed by atoms with E-state index in [1.54, 1.807) is 6.92 Å². The van der Waals surface area contributed by atoms with Gasteiger partial charge in [-0.2, -0.15) is 0 Å². The molecule has 0 aliphatic carbocycles. The third-order valence-corrected chi connectivity index (χ3v) is 2.88. The summed E-state index contributed by atoms with van der Waals surface area (Å²) in [6, 6.07) is 0. The SMILES string of the molecule is CCCC(C#C[Si](C)(C)C)/C=C/C(=O)OCC. The van der Waals surface area contributed by atoms with Gasteiger partial charge in [0.05, 0.1) is 6.61 Å². The Morgan fingerprint density at radius 1 is 1.35 bits per heavy atom. The molecule has 0 radical (unpaired) electrons. The molecule has 0 saturated carbocycles. The van der Waals surface area contributed by atoms with E-state index in [2.05, 4.69) is 38.0 Å². The lowest BCUT2D eigenvalue weighted by Gasteiger charge is -2.07. The van der Waals surface area contributed by atoms with Gasteiger partial charge in [0, 0.05) is 12.0 Å². The topological polar surface area (TPSA) is 26.3 Å². The molecule has 0 saturated heterocycles. The molecule has 0 aromatic rings. The van der Waals surface area contributed by atoms with E-state index in [-0.39, 0.29) is 11.9 Å². The molecule has 0 rings (SSSR count). The Hall–Kier alpha value is -1.01. The van der Waals surface area contributed by atoms with Crippen LogP contribution in [0.25, 0.3) is 0 Å². The predicted molar refractivity (Wildman–Crippen MR) is 75.3 cm³/mol. The van der Waals surface area contributed by atoms with Gasteiger partial charge in [-0.05, 0) is 13.3 Å². The molecule has 1 atom stereocenters. The Bertz CT molecular complexity index is 315. The number of rotatable bonds is 5. The molecular formula is C14H24O2Si. The highest BCUT2D eigenvalue weighted by atomic mass is 28.3. The van der Waals surface area contributed by atoms with E-state index < -0.39 is 8.07 Å². The van der Waals surface area contributed by atoms with E-state index in [1.165, 1.54) is 6.08 Å². The van der Waals surface area contributed by atoms with Gasteiger partial charge in [0.25, 0.3) is 0 Å². The van der Waals surface area contributed by atoms with Crippen molar-refractivity contribution >= 4 is 14.0 Å². The van der Waals surface area contributed by atoms with Crippen molar-refractivity contribution in [3.63, 3.8) is 0 Å². The summed E-state index contributed by atoms with van der Waals surface area (Å²) in [7, 11) is -1.33. The minimum Gasteiger partial charge on any atom is -0.463 e. The Morgan fingerprint density at radius 2 is 2.00 bits per heavy atom. The van der Waals surface area contributed by atoms with Gasteiger partial charge < -0.3 is 4.74 Å². The van der Waals surface area contributed by atoms with Crippen LogP contribution in [0.4, 0.5) is 0 Å². The average Bonchev–Trinajstić information content (AvgIpc) is 2.21. The van der Waals surface area contributed by atoms with Crippen molar-refractivity contribution in [2.24, 2.45) is 5.92 Å². The highest BCUT2D eigenvalue weighted by Gasteiger charge is 2.09. The summed E-state index contributed by atoms with van der Waals surface area (Å²) in [6.45, 7) is 11.0. The van der Waals surface area contributed by atoms with Crippen LogP contribution >= 0.6 is 0 Å². The van der Waals surface area contributed by atoms with Crippen LogP contribution in [0.5, 0.6) is 0 Å². The van der Waals surface area contributed by atoms with E-state index in [9.17, 15) is 4.79 Å². The summed E-state index contributed by atoms with van der Waals surface area (Å²) >= 11 is 0. The lowest BCUT2D eigenvalue weighted by Crippen LogP contribution is -2.17. The molecule has 0 bridgehead atoms. The molecule has 3 heteroatoms. The van der Waals surface area contributed by atoms with Crippen LogP contribution in [-0.4, -0.2) is 20.7 Å². The fraction of sp³-hybridized carbons (Fsp3) is 0.643. The Kier molecular flexibility index (Phi) is 7.65. The lowest BCUT2D eigenvalue weighted by molar-refractivity contribution is -0.137. The van der Waals surface area contributed by atoms with Crippen molar-refractivity contribution in [3.05, 3.63) is 12.2 Å². The molecule has 0 aliphatic heterocycles. The molecule has 0 N–H and O–H groups in total. The first-order chi connectivity index (χ1) is 7.89. The number of hydrogen-bond acceptors (Lipinski definition) is 2. The van der Waals surface area contributed by atoms with Gasteiger partial charge in [-0.25, -0.2) is 4.79 Å². The van der Waals surface area contributed by atoms with E-state index in [4.69, 9.17) is 4.74 Å². The molecule has 96 valence electrons. The largest absolute Gasteiger partial charge is 0.463 e. The first-order valence-electron chi connectivity index (χ1n) is 6.26. The molecule has 0 heterocycles. The van der Waals surface area contributed by atoms with E-state index in [0.29, 0.717) is 6.61 Å². The second-order valence-corrected chi connectivity index (χ2v) is 9.78. The maximum atomic E-state index is 11.2. The molecule has 0 aromatic heterocycles. The van der Waals surface area contributed by atoms with Crippen molar-refractivity contribution in [1.82, 2.24) is 0 Å². The van der Waals surface area contributed by atoms with Crippen molar-refractivity contribution in [2.45, 2.75) is 46.3 Å². The smallest absolute Gasteiger partial charge is 0.330 e. The summed E-state index contributed by atoms with van der Waals surface area (Å²) in [4.78, 5) is 11.2. The van der Waals surface area contributed by atoms with E-state index >= 15 is 0 Å². The molecule has 2 nitrogen and oxygen atoms in total. The predicted octanol–water partition coefficient (Wildman–Crippen LogP) is 3.40. The molecule has 0 amide bonds. The van der Waals surface area contributed by atoms with Gasteiger partial charge in [-0.3, -0.25) is 0 Å². The Morgan fingerprint density at radius 3 is 2.47 bits per heavy atom. The second kappa shape index (κ2) is 8.13. The standard InChI is InChI=1S/C14H24O2Si/c1-6-8-13(11-12-17(3,4)5)9-10-14(15)16-7-2/h9-10,13H,6-8H2,1-5H3/b10-9+. The van der Waals surface area contributed by atoms with Crippen LogP contribution in [0, 0.1) is 17.4 Å². The molecule has 0 aliphatic rings. The molecule has 0 fully saturated rings. The van der Waals surface area contributed by atoms with E-state index in [0.717, 1.165) is 12.8 Å². The van der Waals surface area contributed by atoms with Crippen molar-refractivity contribution in [2.75, 3.05) is 6.61 Å². The van der Waals surface area contributed by atoms with E-state index in [1.807, 2.05) is 6.08 Å². The molecule has 0 spiro atoms. The van der Waals surface area contributed by atoms with Crippen molar-refractivity contribution in [1.29, 1.82) is 0 Å². The zero-order chi connectivity index (χ0) is 13.3. The molecular weight excluding hydrogens is 228 g/mol. The Balaban J connectivity index is 4.52. The third kappa shape index (κ3) is 9.89. The highest BCUT2D eigenvalue weighted by Crippen LogP contribution is 2.08. The maximum Gasteiger partial charge on any atom is 0.330 e. The van der Waals surface area contributed by atoms with Crippen LogP contribution in [0.1, 0.15) is 26.7 Å². The zero-order valence-corrected chi connectivity index (χ0v) is 12.7. The van der Waals surface area contributed by atoms with Crippen LogP contribution in [0.3, 0.4) is 0 Å². The second-order valence-electron chi connectivity index (χ2n) is 5.03.